The highest BCUT2D eigenvalue weighted by atomic mass is 16.7. The highest BCUT2D eigenvalue weighted by Crippen LogP contribution is 2.19. The van der Waals surface area contributed by atoms with Crippen molar-refractivity contribution >= 4 is 11.8 Å². The molecule has 0 saturated carbocycles. The zero-order chi connectivity index (χ0) is 13.4. The number of nitro benzene ring substituents is 1. The van der Waals surface area contributed by atoms with E-state index in [-0.39, 0.29) is 5.69 Å². The number of hydrogen-bond donors (Lipinski definition) is 0. The number of nitro groups is 1. The third kappa shape index (κ3) is 4.27. The molecular weight excluding hydrogens is 234 g/mol. The van der Waals surface area contributed by atoms with Crippen molar-refractivity contribution in [2.75, 3.05) is 13.2 Å². The highest BCUT2D eigenvalue weighted by molar-refractivity contribution is 5.60. The molecule has 18 heavy (non-hydrogen) atoms. The molecule has 0 atom stereocenters. The molecule has 98 valence electrons. The van der Waals surface area contributed by atoms with Crippen LogP contribution in [0.3, 0.4) is 0 Å². The number of rotatable bonds is 7. The molecule has 1 aromatic carbocycles. The lowest BCUT2D eigenvalue weighted by Crippen LogP contribution is -2.14. The minimum absolute atomic E-state index is 0.0699. The quantitative estimate of drug-likeness (QED) is 0.424. The number of nitrogens with zero attached hydrogens (tertiary/aromatic N) is 1. The Hall–Kier alpha value is -1.72. The van der Waals surface area contributed by atoms with E-state index in [4.69, 9.17) is 9.47 Å². The smallest absolute Gasteiger partial charge is 0.276 e. The minimum Gasteiger partial charge on any atom is -0.349 e. The van der Waals surface area contributed by atoms with Gasteiger partial charge in [0.25, 0.3) is 5.69 Å². The summed E-state index contributed by atoms with van der Waals surface area (Å²) in [7, 11) is 0. The first-order chi connectivity index (χ1) is 8.69. The van der Waals surface area contributed by atoms with Crippen molar-refractivity contribution in [2.45, 2.75) is 20.1 Å². The van der Waals surface area contributed by atoms with Crippen molar-refractivity contribution in [3.63, 3.8) is 0 Å². The van der Waals surface area contributed by atoms with Gasteiger partial charge in [0.2, 0.25) is 0 Å². The largest absolute Gasteiger partial charge is 0.349 e. The monoisotopic (exact) mass is 251 g/mol. The highest BCUT2D eigenvalue weighted by Gasteiger charge is 2.10. The Morgan fingerprint density at radius 1 is 1.28 bits per heavy atom. The average Bonchev–Trinajstić information content (AvgIpc) is 2.36. The van der Waals surface area contributed by atoms with Gasteiger partial charge in [-0.1, -0.05) is 12.1 Å². The summed E-state index contributed by atoms with van der Waals surface area (Å²) in [6.45, 7) is 4.77. The molecule has 0 fully saturated rings. The summed E-state index contributed by atoms with van der Waals surface area (Å²) in [5.74, 6) is 0. The molecule has 0 aliphatic heterocycles. The van der Waals surface area contributed by atoms with Crippen LogP contribution in [0.2, 0.25) is 0 Å². The van der Waals surface area contributed by atoms with Gasteiger partial charge >= 0.3 is 0 Å². The van der Waals surface area contributed by atoms with Crippen LogP contribution in [0.4, 0.5) is 5.69 Å². The zero-order valence-corrected chi connectivity index (χ0v) is 10.5. The van der Waals surface area contributed by atoms with Crippen molar-refractivity contribution in [3.05, 3.63) is 46.0 Å². The fourth-order valence-corrected chi connectivity index (χ4v) is 1.46. The van der Waals surface area contributed by atoms with E-state index in [1.807, 2.05) is 13.8 Å². The first-order valence-corrected chi connectivity index (χ1v) is 5.83. The maximum absolute atomic E-state index is 10.8. The molecule has 0 spiro atoms. The second-order valence-electron chi connectivity index (χ2n) is 3.45. The van der Waals surface area contributed by atoms with Crippen LogP contribution in [-0.4, -0.2) is 24.4 Å². The molecule has 0 unspecified atom stereocenters. The van der Waals surface area contributed by atoms with E-state index in [1.165, 1.54) is 6.07 Å². The van der Waals surface area contributed by atoms with Gasteiger partial charge in [0.05, 0.1) is 10.5 Å². The Morgan fingerprint density at radius 2 is 1.89 bits per heavy atom. The van der Waals surface area contributed by atoms with Crippen LogP contribution in [0.1, 0.15) is 19.4 Å². The first-order valence-electron chi connectivity index (χ1n) is 5.83. The maximum atomic E-state index is 10.8. The van der Waals surface area contributed by atoms with Crippen LogP contribution in [0.15, 0.2) is 30.3 Å². The van der Waals surface area contributed by atoms with Gasteiger partial charge in [-0.3, -0.25) is 10.1 Å². The SMILES string of the molecule is CCOC(/C=C/c1ccccc1[N+](=O)[O-])OCC. The van der Waals surface area contributed by atoms with Gasteiger partial charge in [-0.05, 0) is 32.1 Å². The van der Waals surface area contributed by atoms with E-state index in [0.717, 1.165) is 0 Å². The fraction of sp³-hybridized carbons (Fsp3) is 0.385. The van der Waals surface area contributed by atoms with Crippen molar-refractivity contribution in [1.82, 2.24) is 0 Å². The Morgan fingerprint density at radius 3 is 2.44 bits per heavy atom. The Bertz CT molecular complexity index is 411. The molecule has 5 heteroatoms. The molecule has 0 radical (unpaired) electrons. The molecule has 0 aromatic heterocycles. The van der Waals surface area contributed by atoms with Gasteiger partial charge in [0.15, 0.2) is 6.29 Å². The predicted molar refractivity (Wildman–Crippen MR) is 69.2 cm³/mol. The lowest BCUT2D eigenvalue weighted by Gasteiger charge is -2.12. The topological polar surface area (TPSA) is 61.6 Å². The number of ether oxygens (including phenoxy) is 2. The Balaban J connectivity index is 2.84. The third-order valence-corrected chi connectivity index (χ3v) is 2.23. The molecule has 1 rings (SSSR count). The van der Waals surface area contributed by atoms with Gasteiger partial charge in [-0.25, -0.2) is 0 Å². The fourth-order valence-electron chi connectivity index (χ4n) is 1.46. The van der Waals surface area contributed by atoms with Crippen LogP contribution in [-0.2, 0) is 9.47 Å². The first kappa shape index (κ1) is 14.3. The normalized spacial score (nSPS) is 11.3. The van der Waals surface area contributed by atoms with Crippen molar-refractivity contribution < 1.29 is 14.4 Å². The van der Waals surface area contributed by atoms with Gasteiger partial charge in [0, 0.05) is 19.3 Å². The molecule has 5 nitrogen and oxygen atoms in total. The van der Waals surface area contributed by atoms with E-state index in [2.05, 4.69) is 0 Å². The summed E-state index contributed by atoms with van der Waals surface area (Å²) in [4.78, 5) is 10.4. The van der Waals surface area contributed by atoms with Crippen LogP contribution in [0.5, 0.6) is 0 Å². The lowest BCUT2D eigenvalue weighted by atomic mass is 10.1. The third-order valence-electron chi connectivity index (χ3n) is 2.23. The van der Waals surface area contributed by atoms with E-state index in [9.17, 15) is 10.1 Å². The van der Waals surface area contributed by atoms with E-state index >= 15 is 0 Å². The van der Waals surface area contributed by atoms with Gasteiger partial charge in [-0.2, -0.15) is 0 Å². The van der Waals surface area contributed by atoms with Crippen molar-refractivity contribution in [1.29, 1.82) is 0 Å². The van der Waals surface area contributed by atoms with Crippen molar-refractivity contribution in [3.8, 4) is 0 Å². The Kier molecular flexibility index (Phi) is 6.04. The summed E-state index contributed by atoms with van der Waals surface area (Å²) in [6.07, 6.45) is 2.85. The molecule has 0 bridgehead atoms. The summed E-state index contributed by atoms with van der Waals surface area (Å²) >= 11 is 0. The van der Waals surface area contributed by atoms with Crippen LogP contribution in [0, 0.1) is 10.1 Å². The number of benzene rings is 1. The molecule has 0 amide bonds. The summed E-state index contributed by atoms with van der Waals surface area (Å²) < 4.78 is 10.7. The molecule has 0 saturated heterocycles. The summed E-state index contributed by atoms with van der Waals surface area (Å²) in [5.41, 5.74) is 0.604. The maximum Gasteiger partial charge on any atom is 0.276 e. The zero-order valence-electron chi connectivity index (χ0n) is 10.5. The molecule has 0 N–H and O–H groups in total. The molecule has 0 aliphatic rings. The average molecular weight is 251 g/mol. The van der Waals surface area contributed by atoms with Crippen LogP contribution >= 0.6 is 0 Å². The van der Waals surface area contributed by atoms with Gasteiger partial charge in [-0.15, -0.1) is 0 Å². The minimum atomic E-state index is -0.472. The molecular formula is C13H17NO4. The standard InChI is InChI=1S/C13H17NO4/c1-3-17-13(18-4-2)10-9-11-7-5-6-8-12(11)14(15)16/h5-10,13H,3-4H2,1-2H3/b10-9+. The van der Waals surface area contributed by atoms with E-state index < -0.39 is 11.2 Å². The predicted octanol–water partition coefficient (Wildman–Crippen LogP) is 3.01. The summed E-state index contributed by atoms with van der Waals surface area (Å²) in [6, 6.07) is 6.54. The molecule has 1 aromatic rings. The van der Waals surface area contributed by atoms with E-state index in [1.54, 1.807) is 30.4 Å². The number of para-hydroxylation sites is 1. The van der Waals surface area contributed by atoms with Crippen molar-refractivity contribution in [2.24, 2.45) is 0 Å². The second-order valence-corrected chi connectivity index (χ2v) is 3.45. The van der Waals surface area contributed by atoms with Gasteiger partial charge in [0.1, 0.15) is 0 Å². The van der Waals surface area contributed by atoms with E-state index in [0.29, 0.717) is 18.8 Å². The summed E-state index contributed by atoms with van der Waals surface area (Å²) in [5, 5.41) is 10.8. The van der Waals surface area contributed by atoms with Crippen LogP contribution in [0.25, 0.3) is 6.08 Å². The Labute approximate surface area is 106 Å². The second kappa shape index (κ2) is 7.58. The van der Waals surface area contributed by atoms with Gasteiger partial charge < -0.3 is 9.47 Å². The lowest BCUT2D eigenvalue weighted by molar-refractivity contribution is -0.385. The molecule has 0 aliphatic carbocycles. The van der Waals surface area contributed by atoms with Crippen LogP contribution < -0.4 is 0 Å². The molecule has 0 heterocycles. The number of hydrogen-bond acceptors (Lipinski definition) is 4.